The summed E-state index contributed by atoms with van der Waals surface area (Å²) in [5.74, 6) is 0. The number of pyridine rings is 1. The van der Waals surface area contributed by atoms with Crippen LogP contribution in [0, 0.1) is 0 Å². The second kappa shape index (κ2) is 8.54. The normalized spacial score (nSPS) is 19.0. The molecule has 1 aliphatic heterocycles. The molecule has 28 heavy (non-hydrogen) atoms. The van der Waals surface area contributed by atoms with Crippen LogP contribution in [0.5, 0.6) is 0 Å². The Hall–Kier alpha value is -2.70. The van der Waals surface area contributed by atoms with Gasteiger partial charge in [-0.25, -0.2) is 0 Å². The highest BCUT2D eigenvalue weighted by Gasteiger charge is 2.39. The second-order valence-corrected chi connectivity index (χ2v) is 7.24. The maximum absolute atomic E-state index is 5.68. The van der Waals surface area contributed by atoms with Gasteiger partial charge < -0.3 is 19.5 Å². The molecular weight excluding hydrogens is 368 g/mol. The molecule has 0 radical (unpaired) electrons. The van der Waals surface area contributed by atoms with Gasteiger partial charge in [-0.05, 0) is 54.5 Å². The Morgan fingerprint density at radius 1 is 1.11 bits per heavy atom. The number of ether oxygens (including phenoxy) is 1. The highest BCUT2D eigenvalue weighted by atomic mass is 32.1. The lowest BCUT2D eigenvalue weighted by Gasteiger charge is -2.27. The average molecular weight is 393 g/mol. The van der Waals surface area contributed by atoms with Crippen LogP contribution in [-0.4, -0.2) is 39.8 Å². The molecule has 2 aromatic heterocycles. The van der Waals surface area contributed by atoms with Gasteiger partial charge in [-0.15, -0.1) is 0 Å². The number of rotatable bonds is 7. The Balaban J connectivity index is 1.68. The van der Waals surface area contributed by atoms with Crippen LogP contribution in [0.2, 0.25) is 0 Å². The molecule has 4 rings (SSSR count). The molecule has 1 aliphatic rings. The van der Waals surface area contributed by atoms with E-state index in [1.807, 2.05) is 24.4 Å². The third-order valence-corrected chi connectivity index (χ3v) is 5.41. The molecule has 0 amide bonds. The van der Waals surface area contributed by atoms with E-state index in [2.05, 4.69) is 68.6 Å². The van der Waals surface area contributed by atoms with Crippen LogP contribution >= 0.6 is 12.2 Å². The van der Waals surface area contributed by atoms with Gasteiger partial charge in [0.1, 0.15) is 0 Å². The van der Waals surface area contributed by atoms with Crippen molar-refractivity contribution in [2.75, 3.05) is 20.3 Å². The van der Waals surface area contributed by atoms with Crippen LogP contribution in [-0.2, 0) is 4.74 Å². The third kappa shape index (κ3) is 3.79. The van der Waals surface area contributed by atoms with Crippen LogP contribution in [0.3, 0.4) is 0 Å². The first-order valence-corrected chi connectivity index (χ1v) is 9.89. The molecule has 0 saturated carbocycles. The lowest BCUT2D eigenvalue weighted by Crippen LogP contribution is -2.31. The minimum Gasteiger partial charge on any atom is -0.385 e. The van der Waals surface area contributed by atoms with E-state index in [0.717, 1.165) is 29.5 Å². The first kappa shape index (κ1) is 18.7. The smallest absolute Gasteiger partial charge is 0.170 e. The molecule has 0 aliphatic carbocycles. The van der Waals surface area contributed by atoms with Gasteiger partial charge in [0, 0.05) is 44.5 Å². The molecule has 0 spiro atoms. The van der Waals surface area contributed by atoms with E-state index in [0.29, 0.717) is 6.61 Å². The summed E-state index contributed by atoms with van der Waals surface area (Å²) in [5, 5.41) is 4.26. The Labute approximate surface area is 171 Å². The van der Waals surface area contributed by atoms with Gasteiger partial charge in [0.15, 0.2) is 5.11 Å². The Morgan fingerprint density at radius 2 is 1.93 bits per heavy atom. The Morgan fingerprint density at radius 3 is 2.68 bits per heavy atom. The predicted octanol–water partition coefficient (Wildman–Crippen LogP) is 3.88. The molecule has 3 aromatic rings. The van der Waals surface area contributed by atoms with Crippen molar-refractivity contribution in [1.29, 1.82) is 0 Å². The topological polar surface area (TPSA) is 42.3 Å². The maximum Gasteiger partial charge on any atom is 0.170 e. The molecule has 0 unspecified atom stereocenters. The van der Waals surface area contributed by atoms with Crippen LogP contribution < -0.4 is 5.32 Å². The van der Waals surface area contributed by atoms with Gasteiger partial charge in [-0.2, -0.15) is 0 Å². The fraction of sp³-hybridized carbons (Fsp3) is 0.273. The van der Waals surface area contributed by atoms with Gasteiger partial charge >= 0.3 is 0 Å². The lowest BCUT2D eigenvalue weighted by atomic mass is 9.99. The standard InChI is InChI=1S/C22H24N4OS/c1-27-15-7-13-26-21(20(24-22(26)28)19-10-5-6-12-23-19)17-11-14-25(16-17)18-8-3-2-4-9-18/h2-6,8-12,14,16,20-21H,7,13,15H2,1H3,(H,24,28)/t20-,21+/m1/s1. The van der Waals surface area contributed by atoms with Crippen LogP contribution in [0.4, 0.5) is 0 Å². The molecule has 5 nitrogen and oxygen atoms in total. The molecular formula is C22H24N4OS. The van der Waals surface area contributed by atoms with Crippen molar-refractivity contribution in [3.63, 3.8) is 0 Å². The summed E-state index contributed by atoms with van der Waals surface area (Å²) in [7, 11) is 1.73. The number of nitrogens with one attached hydrogen (secondary N) is 1. The molecule has 2 atom stereocenters. The van der Waals surface area contributed by atoms with Gasteiger partial charge in [-0.3, -0.25) is 4.98 Å². The first-order valence-electron chi connectivity index (χ1n) is 9.48. The number of nitrogens with zero attached hydrogens (tertiary/aromatic N) is 3. The average Bonchev–Trinajstić information content (AvgIpc) is 3.35. The van der Waals surface area contributed by atoms with Gasteiger partial charge in [0.2, 0.25) is 0 Å². The SMILES string of the molecule is COCCCN1C(=S)N[C@H](c2ccccn2)[C@@H]1c1ccn(-c2ccccc2)c1. The fourth-order valence-corrected chi connectivity index (χ4v) is 4.07. The summed E-state index contributed by atoms with van der Waals surface area (Å²) in [6, 6.07) is 18.6. The molecule has 1 fully saturated rings. The van der Waals surface area contributed by atoms with E-state index in [4.69, 9.17) is 17.0 Å². The van der Waals surface area contributed by atoms with Crippen LogP contribution in [0.25, 0.3) is 5.69 Å². The summed E-state index contributed by atoms with van der Waals surface area (Å²) in [6.07, 6.45) is 7.05. The number of hydrogen-bond donors (Lipinski definition) is 1. The second-order valence-electron chi connectivity index (χ2n) is 6.85. The zero-order valence-corrected chi connectivity index (χ0v) is 16.7. The van der Waals surface area contributed by atoms with Crippen molar-refractivity contribution < 1.29 is 4.74 Å². The number of benzene rings is 1. The number of hydrogen-bond acceptors (Lipinski definition) is 3. The molecule has 6 heteroatoms. The van der Waals surface area contributed by atoms with Crippen LogP contribution in [0.15, 0.2) is 73.2 Å². The molecule has 1 saturated heterocycles. The fourth-order valence-electron chi connectivity index (χ4n) is 3.74. The molecule has 0 bridgehead atoms. The largest absolute Gasteiger partial charge is 0.385 e. The van der Waals surface area contributed by atoms with Gasteiger partial charge in [0.05, 0.1) is 17.8 Å². The summed E-state index contributed by atoms with van der Waals surface area (Å²) < 4.78 is 7.40. The molecule has 1 aromatic carbocycles. The van der Waals surface area contributed by atoms with Crippen molar-refractivity contribution in [3.8, 4) is 5.69 Å². The maximum atomic E-state index is 5.68. The molecule has 3 heterocycles. The van der Waals surface area contributed by atoms with Crippen LogP contribution in [0.1, 0.15) is 29.8 Å². The van der Waals surface area contributed by atoms with E-state index in [1.54, 1.807) is 7.11 Å². The molecule has 144 valence electrons. The van der Waals surface area contributed by atoms with E-state index in [-0.39, 0.29) is 12.1 Å². The third-order valence-electron chi connectivity index (χ3n) is 5.06. The van der Waals surface area contributed by atoms with E-state index in [9.17, 15) is 0 Å². The summed E-state index contributed by atoms with van der Waals surface area (Å²) in [5.41, 5.74) is 3.35. The Kier molecular flexibility index (Phi) is 5.69. The zero-order chi connectivity index (χ0) is 19.3. The van der Waals surface area contributed by atoms with E-state index < -0.39 is 0 Å². The minimum absolute atomic E-state index is 0.0165. The highest BCUT2D eigenvalue weighted by Crippen LogP contribution is 2.38. The van der Waals surface area contributed by atoms with Crippen molar-refractivity contribution in [2.24, 2.45) is 0 Å². The van der Waals surface area contributed by atoms with Crippen molar-refractivity contribution in [1.82, 2.24) is 19.8 Å². The van der Waals surface area contributed by atoms with Gasteiger partial charge in [0.25, 0.3) is 0 Å². The van der Waals surface area contributed by atoms with E-state index in [1.165, 1.54) is 5.56 Å². The van der Waals surface area contributed by atoms with Crippen molar-refractivity contribution in [3.05, 3.63) is 84.4 Å². The first-order chi connectivity index (χ1) is 13.8. The molecule has 1 N–H and O–H groups in total. The Bertz CT molecular complexity index is 913. The monoisotopic (exact) mass is 392 g/mol. The number of methoxy groups -OCH3 is 1. The summed E-state index contributed by atoms with van der Waals surface area (Å²) >= 11 is 5.68. The van der Waals surface area contributed by atoms with Crippen molar-refractivity contribution >= 4 is 17.3 Å². The summed E-state index contributed by atoms with van der Waals surface area (Å²) in [4.78, 5) is 6.85. The minimum atomic E-state index is 0.0165. The quantitative estimate of drug-likeness (QED) is 0.488. The predicted molar refractivity (Wildman–Crippen MR) is 114 cm³/mol. The zero-order valence-electron chi connectivity index (χ0n) is 15.9. The van der Waals surface area contributed by atoms with E-state index >= 15 is 0 Å². The van der Waals surface area contributed by atoms with Gasteiger partial charge in [-0.1, -0.05) is 24.3 Å². The van der Waals surface area contributed by atoms with Crippen molar-refractivity contribution in [2.45, 2.75) is 18.5 Å². The number of para-hydroxylation sites is 1. The highest BCUT2D eigenvalue weighted by molar-refractivity contribution is 7.80. The number of aromatic nitrogens is 2. The number of thiocarbonyl (C=S) groups is 1. The summed E-state index contributed by atoms with van der Waals surface area (Å²) in [6.45, 7) is 1.55. The lowest BCUT2D eigenvalue weighted by molar-refractivity contribution is 0.180.